The molecule has 6 nitrogen and oxygen atoms in total. The van der Waals surface area contributed by atoms with Gasteiger partial charge in [-0.3, -0.25) is 9.38 Å². The smallest absolute Gasteiger partial charge is 0.211 e. The van der Waals surface area contributed by atoms with Crippen molar-refractivity contribution in [1.82, 2.24) is 19.4 Å². The molecule has 4 heterocycles. The van der Waals surface area contributed by atoms with Crippen LogP contribution in [0.1, 0.15) is 24.0 Å². The van der Waals surface area contributed by atoms with Crippen LogP contribution in [0.15, 0.2) is 31.0 Å². The molecule has 3 aromatic rings. The van der Waals surface area contributed by atoms with Gasteiger partial charge in [0.2, 0.25) is 5.95 Å². The van der Waals surface area contributed by atoms with Crippen LogP contribution in [0.4, 0.5) is 11.6 Å². The van der Waals surface area contributed by atoms with Gasteiger partial charge < -0.3 is 10.6 Å². The van der Waals surface area contributed by atoms with Crippen molar-refractivity contribution >= 4 is 39.9 Å². The maximum Gasteiger partial charge on any atom is 0.211 e. The number of pyridine rings is 1. The Morgan fingerprint density at radius 1 is 1.08 bits per heavy atom. The number of hydrogen-bond donors (Lipinski definition) is 1. The lowest BCUT2D eigenvalue weighted by atomic mass is 9.76. The summed E-state index contributed by atoms with van der Waals surface area (Å²) in [6.07, 6.45) is 14.1. The van der Waals surface area contributed by atoms with E-state index in [1.54, 1.807) is 6.20 Å². The normalized spacial score (nSPS) is 18.8. The van der Waals surface area contributed by atoms with Gasteiger partial charge in [0, 0.05) is 37.9 Å². The number of piperidine rings is 1. The Labute approximate surface area is 159 Å². The van der Waals surface area contributed by atoms with Crippen molar-refractivity contribution in [3.8, 4) is 0 Å². The van der Waals surface area contributed by atoms with Crippen molar-refractivity contribution in [3.63, 3.8) is 0 Å². The molecule has 1 fully saturated rings. The lowest BCUT2D eigenvalue weighted by Gasteiger charge is -2.40. The van der Waals surface area contributed by atoms with Crippen LogP contribution in [-0.2, 0) is 12.8 Å². The van der Waals surface area contributed by atoms with Crippen LogP contribution in [0, 0.1) is 8.99 Å². The summed E-state index contributed by atoms with van der Waals surface area (Å²) in [6, 6.07) is 0. The summed E-state index contributed by atoms with van der Waals surface area (Å²) in [4.78, 5) is 15.8. The van der Waals surface area contributed by atoms with E-state index >= 15 is 0 Å². The van der Waals surface area contributed by atoms with Gasteiger partial charge in [-0.15, -0.1) is 0 Å². The fraction of sp³-hybridized carbons (Fsp3) is 0.389. The highest BCUT2D eigenvalue weighted by Crippen LogP contribution is 2.46. The Bertz CT molecular complexity index is 957. The molecule has 25 heavy (non-hydrogen) atoms. The number of halogens is 1. The van der Waals surface area contributed by atoms with Crippen molar-refractivity contribution < 1.29 is 0 Å². The summed E-state index contributed by atoms with van der Waals surface area (Å²) in [6.45, 7) is 2.03. The van der Waals surface area contributed by atoms with Gasteiger partial charge in [0.15, 0.2) is 5.65 Å². The number of rotatable bonds is 1. The van der Waals surface area contributed by atoms with E-state index in [1.165, 1.54) is 11.1 Å². The Kier molecular flexibility index (Phi) is 3.41. The first-order valence-electron chi connectivity index (χ1n) is 8.59. The molecular formula is C18H19IN6. The van der Waals surface area contributed by atoms with E-state index in [-0.39, 0.29) is 0 Å². The molecule has 128 valence electrons. The molecule has 7 heteroatoms. The Morgan fingerprint density at radius 2 is 1.92 bits per heavy atom. The molecule has 2 N–H and O–H groups in total. The topological polar surface area (TPSA) is 72.3 Å². The van der Waals surface area contributed by atoms with Crippen LogP contribution in [0.2, 0.25) is 0 Å². The minimum absolute atomic E-state index is 0.341. The quantitative estimate of drug-likeness (QED) is 0.583. The van der Waals surface area contributed by atoms with Gasteiger partial charge in [0.05, 0.1) is 15.5 Å². The highest BCUT2D eigenvalue weighted by Gasteiger charge is 2.41. The molecule has 0 amide bonds. The van der Waals surface area contributed by atoms with Gasteiger partial charge in [0.1, 0.15) is 0 Å². The summed E-state index contributed by atoms with van der Waals surface area (Å²) in [5.74, 6) is 0.999. The number of aromatic nitrogens is 4. The molecular weight excluding hydrogens is 427 g/mol. The summed E-state index contributed by atoms with van der Waals surface area (Å²) in [7, 11) is 0. The molecule has 0 unspecified atom stereocenters. The number of anilines is 2. The lowest BCUT2D eigenvalue weighted by molar-refractivity contribution is 0.231. The highest BCUT2D eigenvalue weighted by atomic mass is 127. The molecule has 0 aromatic carbocycles. The monoisotopic (exact) mass is 446 g/mol. The van der Waals surface area contributed by atoms with E-state index in [2.05, 4.69) is 46.8 Å². The third kappa shape index (κ3) is 2.39. The molecule has 0 radical (unpaired) electrons. The van der Waals surface area contributed by atoms with E-state index in [0.717, 1.165) is 59.6 Å². The molecule has 1 spiro atoms. The first kappa shape index (κ1) is 15.4. The number of nitrogens with zero attached hydrogens (tertiary/aromatic N) is 5. The molecule has 5 rings (SSSR count). The van der Waals surface area contributed by atoms with E-state index in [4.69, 9.17) is 5.73 Å². The SMILES string of the molecule is Nc1cncc2c1CC1(CCN(c3ncc(I)c4nccn34)CC1)C2. The number of nitrogens with two attached hydrogens (primary N) is 1. The van der Waals surface area contributed by atoms with Gasteiger partial charge in [0.25, 0.3) is 0 Å². The van der Waals surface area contributed by atoms with E-state index in [1.807, 2.05) is 24.8 Å². The number of imidazole rings is 1. The van der Waals surface area contributed by atoms with Gasteiger partial charge in [-0.25, -0.2) is 9.97 Å². The van der Waals surface area contributed by atoms with Crippen molar-refractivity contribution in [2.24, 2.45) is 5.41 Å². The second-order valence-electron chi connectivity index (χ2n) is 7.23. The highest BCUT2D eigenvalue weighted by molar-refractivity contribution is 14.1. The standard InChI is InChI=1S/C18H19IN6/c19-14-10-23-17(25-6-3-22-16(14)25)24-4-1-18(2-5-24)7-12-9-21-11-15(20)13(12)8-18/h3,6,9-11H,1-2,4-5,7-8,20H2. The lowest BCUT2D eigenvalue weighted by Crippen LogP contribution is -2.41. The van der Waals surface area contributed by atoms with Gasteiger partial charge in [-0.1, -0.05) is 0 Å². The second kappa shape index (κ2) is 5.55. The second-order valence-corrected chi connectivity index (χ2v) is 8.40. The Morgan fingerprint density at radius 3 is 2.72 bits per heavy atom. The van der Waals surface area contributed by atoms with Crippen LogP contribution in [0.25, 0.3) is 5.65 Å². The Hall–Kier alpha value is -1.90. The number of fused-ring (bicyclic) bond motifs is 2. The zero-order valence-corrected chi connectivity index (χ0v) is 16.0. The maximum atomic E-state index is 6.15. The van der Waals surface area contributed by atoms with E-state index in [0.29, 0.717) is 5.41 Å². The van der Waals surface area contributed by atoms with Gasteiger partial charge in [-0.2, -0.15) is 0 Å². The van der Waals surface area contributed by atoms with Crippen molar-refractivity contribution in [3.05, 3.63) is 45.7 Å². The molecule has 3 aromatic heterocycles. The van der Waals surface area contributed by atoms with Crippen LogP contribution in [0.3, 0.4) is 0 Å². The van der Waals surface area contributed by atoms with Crippen LogP contribution >= 0.6 is 22.6 Å². The molecule has 1 saturated heterocycles. The molecule has 1 aliphatic carbocycles. The average Bonchev–Trinajstić information content (AvgIpc) is 3.23. The summed E-state index contributed by atoms with van der Waals surface area (Å²) < 4.78 is 3.18. The largest absolute Gasteiger partial charge is 0.397 e. The maximum absolute atomic E-state index is 6.15. The predicted octanol–water partition coefficient (Wildman–Crippen LogP) is 2.70. The van der Waals surface area contributed by atoms with Crippen molar-refractivity contribution in [1.29, 1.82) is 0 Å². The number of hydrogen-bond acceptors (Lipinski definition) is 5. The van der Waals surface area contributed by atoms with Crippen molar-refractivity contribution in [2.75, 3.05) is 23.7 Å². The van der Waals surface area contributed by atoms with Crippen LogP contribution in [0.5, 0.6) is 0 Å². The van der Waals surface area contributed by atoms with Crippen LogP contribution < -0.4 is 10.6 Å². The summed E-state index contributed by atoms with van der Waals surface area (Å²) >= 11 is 2.29. The van der Waals surface area contributed by atoms with E-state index in [9.17, 15) is 0 Å². The van der Waals surface area contributed by atoms with E-state index < -0.39 is 0 Å². The average molecular weight is 446 g/mol. The third-order valence-corrected chi connectivity index (χ3v) is 6.53. The zero-order chi connectivity index (χ0) is 17.0. The first-order chi connectivity index (χ1) is 12.2. The predicted molar refractivity (Wildman–Crippen MR) is 106 cm³/mol. The van der Waals surface area contributed by atoms with Gasteiger partial charge in [-0.05, 0) is 64.8 Å². The molecule has 0 saturated carbocycles. The fourth-order valence-electron chi connectivity index (χ4n) is 4.40. The van der Waals surface area contributed by atoms with Gasteiger partial charge >= 0.3 is 0 Å². The zero-order valence-electron chi connectivity index (χ0n) is 13.8. The third-order valence-electron chi connectivity index (χ3n) is 5.77. The molecule has 0 bridgehead atoms. The molecule has 0 atom stereocenters. The summed E-state index contributed by atoms with van der Waals surface area (Å²) in [5.41, 5.74) is 11.0. The van der Waals surface area contributed by atoms with Crippen molar-refractivity contribution in [2.45, 2.75) is 25.7 Å². The first-order valence-corrected chi connectivity index (χ1v) is 9.67. The summed E-state index contributed by atoms with van der Waals surface area (Å²) in [5, 5.41) is 0. The fourth-order valence-corrected chi connectivity index (χ4v) is 4.94. The molecule has 2 aliphatic rings. The number of nitrogen functional groups attached to an aromatic ring is 1. The Balaban J connectivity index is 1.40. The molecule has 1 aliphatic heterocycles. The van der Waals surface area contributed by atoms with Crippen LogP contribution in [-0.4, -0.2) is 32.4 Å². The minimum Gasteiger partial charge on any atom is -0.397 e. The minimum atomic E-state index is 0.341.